The van der Waals surface area contributed by atoms with E-state index in [1.54, 1.807) is 0 Å². The van der Waals surface area contributed by atoms with Gasteiger partial charge in [0, 0.05) is 16.1 Å². The van der Waals surface area contributed by atoms with Crippen LogP contribution >= 0.6 is 15.9 Å². The molecule has 0 radical (unpaired) electrons. The van der Waals surface area contributed by atoms with Gasteiger partial charge in [-0.2, -0.15) is 0 Å². The summed E-state index contributed by atoms with van der Waals surface area (Å²) < 4.78 is 11.9. The van der Waals surface area contributed by atoms with Crippen molar-refractivity contribution in [2.75, 3.05) is 13.3 Å². The summed E-state index contributed by atoms with van der Waals surface area (Å²) in [6.45, 7) is 1.20. The molecule has 0 bridgehead atoms. The Balaban J connectivity index is 2.08. The van der Waals surface area contributed by atoms with Crippen molar-refractivity contribution in [1.82, 2.24) is 5.32 Å². The number of aldehydes is 1. The van der Waals surface area contributed by atoms with E-state index in [-0.39, 0.29) is 12.8 Å². The van der Waals surface area contributed by atoms with Crippen molar-refractivity contribution < 1.29 is 14.3 Å². The number of benzene rings is 1. The third kappa shape index (κ3) is 1.91. The predicted molar refractivity (Wildman–Crippen MR) is 70.2 cm³/mol. The number of ether oxygens (including phenoxy) is 2. The van der Waals surface area contributed by atoms with Crippen molar-refractivity contribution in [1.29, 1.82) is 0 Å². The Labute approximate surface area is 114 Å². The summed E-state index contributed by atoms with van der Waals surface area (Å²) in [4.78, 5) is 11.0. The van der Waals surface area contributed by atoms with E-state index < -0.39 is 0 Å². The van der Waals surface area contributed by atoms with E-state index in [1.807, 2.05) is 6.07 Å². The Hall–Kier alpha value is -1.07. The Morgan fingerprint density at radius 2 is 2.17 bits per heavy atom. The quantitative estimate of drug-likeness (QED) is 0.853. The van der Waals surface area contributed by atoms with E-state index in [2.05, 4.69) is 21.2 Å². The summed E-state index contributed by atoms with van der Waals surface area (Å²) in [5.41, 5.74) is 1.61. The average molecular weight is 312 g/mol. The molecule has 4 nitrogen and oxygen atoms in total. The number of hydrogen-bond donors (Lipinski definition) is 1. The highest BCUT2D eigenvalue weighted by molar-refractivity contribution is 9.10. The van der Waals surface area contributed by atoms with Crippen LogP contribution in [-0.2, 0) is 0 Å². The molecule has 1 saturated heterocycles. The Bertz CT molecular complexity index is 484. The number of rotatable bonds is 2. The van der Waals surface area contributed by atoms with Gasteiger partial charge in [-0.1, -0.05) is 22.4 Å². The van der Waals surface area contributed by atoms with Gasteiger partial charge in [0.2, 0.25) is 6.79 Å². The minimum absolute atomic E-state index is 0.187. The van der Waals surface area contributed by atoms with Crippen LogP contribution in [0.3, 0.4) is 0 Å². The first-order chi connectivity index (χ1) is 8.81. The van der Waals surface area contributed by atoms with Crippen molar-refractivity contribution in [2.24, 2.45) is 0 Å². The molecule has 0 amide bonds. The highest BCUT2D eigenvalue weighted by Crippen LogP contribution is 2.46. The molecule has 1 aromatic carbocycles. The molecule has 0 saturated carbocycles. The fourth-order valence-electron chi connectivity index (χ4n) is 2.59. The largest absolute Gasteiger partial charge is 0.453 e. The number of piperidine rings is 1. The lowest BCUT2D eigenvalue weighted by Gasteiger charge is -2.26. The highest BCUT2D eigenvalue weighted by atomic mass is 79.9. The van der Waals surface area contributed by atoms with Crippen LogP contribution in [0.1, 0.15) is 41.2 Å². The molecule has 1 fully saturated rings. The molecular weight excluding hydrogens is 298 g/mol. The Morgan fingerprint density at radius 1 is 1.33 bits per heavy atom. The van der Waals surface area contributed by atoms with E-state index in [0.717, 1.165) is 29.3 Å². The van der Waals surface area contributed by atoms with E-state index >= 15 is 0 Å². The number of carbonyl (C=O) groups excluding carboxylic acids is 1. The molecule has 0 aliphatic carbocycles. The summed E-state index contributed by atoms with van der Waals surface area (Å²) in [5.74, 6) is 1.29. The number of nitrogens with one attached hydrogen (secondary N) is 1. The minimum atomic E-state index is 0.187. The van der Waals surface area contributed by atoms with Gasteiger partial charge in [0.05, 0.1) is 5.56 Å². The van der Waals surface area contributed by atoms with Crippen LogP contribution in [0.4, 0.5) is 0 Å². The van der Waals surface area contributed by atoms with E-state index in [0.29, 0.717) is 17.1 Å². The first-order valence-electron chi connectivity index (χ1n) is 6.12. The van der Waals surface area contributed by atoms with Crippen molar-refractivity contribution >= 4 is 22.2 Å². The molecule has 0 aromatic heterocycles. The smallest absolute Gasteiger partial charge is 0.231 e. The molecule has 5 heteroatoms. The van der Waals surface area contributed by atoms with Gasteiger partial charge in [-0.3, -0.25) is 4.79 Å². The average Bonchev–Trinajstić information content (AvgIpc) is 2.87. The standard InChI is InChI=1S/C13H14BrNO3/c14-9-5-8(6-16)12-13(18-7-17-12)11(9)10-3-1-2-4-15-10/h5-6,10,15H,1-4,7H2. The number of halogens is 1. The molecule has 1 atom stereocenters. The van der Waals surface area contributed by atoms with Gasteiger partial charge in [0.25, 0.3) is 0 Å². The predicted octanol–water partition coefficient (Wildman–Crippen LogP) is 2.80. The molecule has 18 heavy (non-hydrogen) atoms. The molecule has 1 N–H and O–H groups in total. The summed E-state index contributed by atoms with van der Waals surface area (Å²) in [6.07, 6.45) is 4.29. The highest BCUT2D eigenvalue weighted by Gasteiger charge is 2.29. The lowest BCUT2D eigenvalue weighted by Crippen LogP contribution is -2.27. The lowest BCUT2D eigenvalue weighted by molar-refractivity contribution is 0.111. The summed E-state index contributed by atoms with van der Waals surface area (Å²) in [5, 5.41) is 3.49. The Kier molecular flexibility index (Phi) is 3.26. The summed E-state index contributed by atoms with van der Waals surface area (Å²) in [7, 11) is 0. The zero-order valence-electron chi connectivity index (χ0n) is 9.87. The van der Waals surface area contributed by atoms with Crippen LogP contribution in [0.15, 0.2) is 10.5 Å². The van der Waals surface area contributed by atoms with Gasteiger partial charge >= 0.3 is 0 Å². The summed E-state index contributed by atoms with van der Waals surface area (Å²) in [6, 6.07) is 2.08. The van der Waals surface area contributed by atoms with Crippen molar-refractivity contribution in [3.05, 3.63) is 21.7 Å². The molecule has 2 heterocycles. The molecule has 1 unspecified atom stereocenters. The lowest BCUT2D eigenvalue weighted by atomic mass is 9.95. The SMILES string of the molecule is O=Cc1cc(Br)c(C2CCCCN2)c2c1OCO2. The molecular formula is C13H14BrNO3. The van der Waals surface area contributed by atoms with Gasteiger partial charge in [-0.05, 0) is 25.5 Å². The van der Waals surface area contributed by atoms with Crippen LogP contribution < -0.4 is 14.8 Å². The van der Waals surface area contributed by atoms with Gasteiger partial charge in [-0.25, -0.2) is 0 Å². The number of hydrogen-bond acceptors (Lipinski definition) is 4. The third-order valence-electron chi connectivity index (χ3n) is 3.44. The fraction of sp³-hybridized carbons (Fsp3) is 0.462. The topological polar surface area (TPSA) is 47.6 Å². The molecule has 96 valence electrons. The Morgan fingerprint density at radius 3 is 2.89 bits per heavy atom. The van der Waals surface area contributed by atoms with Crippen LogP contribution in [0, 0.1) is 0 Å². The number of fused-ring (bicyclic) bond motifs is 1. The fourth-order valence-corrected chi connectivity index (χ4v) is 3.29. The van der Waals surface area contributed by atoms with E-state index in [9.17, 15) is 4.79 Å². The zero-order valence-corrected chi connectivity index (χ0v) is 11.5. The van der Waals surface area contributed by atoms with Gasteiger partial charge in [0.1, 0.15) is 0 Å². The number of carbonyl (C=O) groups is 1. The third-order valence-corrected chi connectivity index (χ3v) is 4.10. The second-order valence-electron chi connectivity index (χ2n) is 4.55. The van der Waals surface area contributed by atoms with Crippen LogP contribution in [0.25, 0.3) is 0 Å². The maximum atomic E-state index is 11.0. The van der Waals surface area contributed by atoms with Gasteiger partial charge in [0.15, 0.2) is 17.8 Å². The summed E-state index contributed by atoms with van der Waals surface area (Å²) >= 11 is 3.54. The zero-order chi connectivity index (χ0) is 12.5. The van der Waals surface area contributed by atoms with Crippen molar-refractivity contribution in [3.8, 4) is 11.5 Å². The first kappa shape index (κ1) is 12.0. The second-order valence-corrected chi connectivity index (χ2v) is 5.40. The molecule has 2 aliphatic rings. The van der Waals surface area contributed by atoms with Crippen LogP contribution in [0.5, 0.6) is 11.5 Å². The monoisotopic (exact) mass is 311 g/mol. The minimum Gasteiger partial charge on any atom is -0.453 e. The van der Waals surface area contributed by atoms with E-state index in [4.69, 9.17) is 9.47 Å². The van der Waals surface area contributed by atoms with Gasteiger partial charge in [-0.15, -0.1) is 0 Å². The molecule has 1 aromatic rings. The van der Waals surface area contributed by atoms with Crippen molar-refractivity contribution in [2.45, 2.75) is 25.3 Å². The normalized spacial score (nSPS) is 21.9. The van der Waals surface area contributed by atoms with Gasteiger partial charge < -0.3 is 14.8 Å². The van der Waals surface area contributed by atoms with Crippen LogP contribution in [0.2, 0.25) is 0 Å². The first-order valence-corrected chi connectivity index (χ1v) is 6.91. The molecule has 3 rings (SSSR count). The molecule has 0 spiro atoms. The van der Waals surface area contributed by atoms with E-state index in [1.165, 1.54) is 12.8 Å². The second kappa shape index (κ2) is 4.90. The maximum absolute atomic E-state index is 11.0. The van der Waals surface area contributed by atoms with Crippen LogP contribution in [-0.4, -0.2) is 19.6 Å². The van der Waals surface area contributed by atoms with Crippen molar-refractivity contribution in [3.63, 3.8) is 0 Å². The maximum Gasteiger partial charge on any atom is 0.231 e. The molecule has 2 aliphatic heterocycles.